The van der Waals surface area contributed by atoms with E-state index in [1.54, 1.807) is 12.1 Å². The number of carbonyl (C=O) groups is 1. The maximum absolute atomic E-state index is 12.5. The first-order valence-corrected chi connectivity index (χ1v) is 10.9. The number of sulfonamides is 1. The predicted octanol–water partition coefficient (Wildman–Crippen LogP) is 3.01. The highest BCUT2D eigenvalue weighted by atomic mass is 32.2. The number of rotatable bonds is 8. The summed E-state index contributed by atoms with van der Waals surface area (Å²) in [6.07, 6.45) is 2.45. The van der Waals surface area contributed by atoms with Gasteiger partial charge in [-0.15, -0.1) is 0 Å². The molecule has 0 aliphatic heterocycles. The van der Waals surface area contributed by atoms with Crippen molar-refractivity contribution in [2.24, 2.45) is 0 Å². The molecule has 3 rings (SSSR count). The summed E-state index contributed by atoms with van der Waals surface area (Å²) in [7, 11) is -1.62. The van der Waals surface area contributed by atoms with Crippen LogP contribution in [0.15, 0.2) is 53.4 Å². The number of amides is 1. The van der Waals surface area contributed by atoms with Gasteiger partial charge in [0.25, 0.3) is 15.9 Å². The lowest BCUT2D eigenvalue weighted by atomic mass is 10.2. The first kappa shape index (κ1) is 20.4. The minimum absolute atomic E-state index is 0.117. The number of hydrogen-bond donors (Lipinski definition) is 2. The summed E-state index contributed by atoms with van der Waals surface area (Å²) in [5.41, 5.74) is 1.99. The van der Waals surface area contributed by atoms with Crippen molar-refractivity contribution in [3.05, 3.63) is 59.7 Å². The zero-order valence-corrected chi connectivity index (χ0v) is 17.3. The molecule has 0 radical (unpaired) electrons. The normalized spacial score (nSPS) is 15.3. The summed E-state index contributed by atoms with van der Waals surface area (Å²) in [4.78, 5) is 14.7. The molecule has 1 aliphatic rings. The van der Waals surface area contributed by atoms with E-state index >= 15 is 0 Å². The number of anilines is 1. The maximum Gasteiger partial charge on any atom is 0.261 e. The molecule has 7 heteroatoms. The van der Waals surface area contributed by atoms with Crippen molar-refractivity contribution in [1.29, 1.82) is 0 Å². The zero-order valence-electron chi connectivity index (χ0n) is 16.5. The Bertz CT molecular complexity index is 920. The van der Waals surface area contributed by atoms with Gasteiger partial charge in [-0.05, 0) is 70.1 Å². The molecule has 1 amide bonds. The fourth-order valence-corrected chi connectivity index (χ4v) is 4.01. The van der Waals surface area contributed by atoms with E-state index in [1.807, 2.05) is 19.1 Å². The summed E-state index contributed by atoms with van der Waals surface area (Å²) < 4.78 is 27.6. The van der Waals surface area contributed by atoms with Crippen molar-refractivity contribution in [2.45, 2.75) is 43.7 Å². The van der Waals surface area contributed by atoms with Gasteiger partial charge >= 0.3 is 0 Å². The van der Waals surface area contributed by atoms with Gasteiger partial charge in [-0.3, -0.25) is 14.4 Å². The second-order valence-corrected chi connectivity index (χ2v) is 9.13. The second kappa shape index (κ2) is 8.32. The summed E-state index contributed by atoms with van der Waals surface area (Å²) >= 11 is 0. The van der Waals surface area contributed by atoms with Crippen molar-refractivity contribution in [3.8, 4) is 0 Å². The van der Waals surface area contributed by atoms with E-state index in [1.165, 1.54) is 37.1 Å². The van der Waals surface area contributed by atoms with Crippen LogP contribution < -0.4 is 10.0 Å². The fourth-order valence-electron chi connectivity index (χ4n) is 2.95. The van der Waals surface area contributed by atoms with Gasteiger partial charge in [0.05, 0.1) is 4.90 Å². The minimum Gasteiger partial charge on any atom is -0.350 e. The Morgan fingerprint density at radius 3 is 2.29 bits per heavy atom. The van der Waals surface area contributed by atoms with E-state index in [0.717, 1.165) is 5.56 Å². The predicted molar refractivity (Wildman–Crippen MR) is 111 cm³/mol. The van der Waals surface area contributed by atoms with Crippen molar-refractivity contribution in [3.63, 3.8) is 0 Å². The van der Waals surface area contributed by atoms with Crippen LogP contribution in [0.1, 0.15) is 35.7 Å². The van der Waals surface area contributed by atoms with Crippen LogP contribution in [0.4, 0.5) is 5.69 Å². The molecule has 0 aromatic heterocycles. The maximum atomic E-state index is 12.5. The van der Waals surface area contributed by atoms with Crippen LogP contribution in [0.2, 0.25) is 0 Å². The topological polar surface area (TPSA) is 78.5 Å². The number of nitrogens with one attached hydrogen (secondary N) is 2. The zero-order chi connectivity index (χ0) is 20.3. The largest absolute Gasteiger partial charge is 0.350 e. The van der Waals surface area contributed by atoms with E-state index in [4.69, 9.17) is 0 Å². The molecule has 1 unspecified atom stereocenters. The Morgan fingerprint density at radius 2 is 1.71 bits per heavy atom. The van der Waals surface area contributed by atoms with E-state index in [2.05, 4.69) is 28.9 Å². The van der Waals surface area contributed by atoms with Gasteiger partial charge in [0.1, 0.15) is 0 Å². The lowest BCUT2D eigenvalue weighted by molar-refractivity contribution is 0.0939. The van der Waals surface area contributed by atoms with Crippen molar-refractivity contribution in [2.75, 3.05) is 18.3 Å². The number of aryl methyl sites for hydroxylation is 1. The molecule has 0 heterocycles. The third-order valence-corrected chi connectivity index (χ3v) is 6.50. The van der Waals surface area contributed by atoms with Crippen LogP contribution in [0.3, 0.4) is 0 Å². The number of carbonyl (C=O) groups excluding carboxylic acids is 1. The van der Waals surface area contributed by atoms with Crippen LogP contribution in [-0.2, 0) is 10.0 Å². The highest BCUT2D eigenvalue weighted by molar-refractivity contribution is 7.92. The molecule has 0 saturated heterocycles. The molecule has 150 valence electrons. The number of likely N-dealkylation sites (N-methyl/N-ethyl adjacent to an activating group) is 1. The van der Waals surface area contributed by atoms with E-state index < -0.39 is 10.0 Å². The van der Waals surface area contributed by atoms with E-state index in [9.17, 15) is 13.2 Å². The molecular formula is C21H27N3O3S. The summed E-state index contributed by atoms with van der Waals surface area (Å²) in [6.45, 7) is 4.58. The molecule has 2 N–H and O–H groups in total. The first-order valence-electron chi connectivity index (χ1n) is 9.46. The lowest BCUT2D eigenvalue weighted by Crippen LogP contribution is -2.41. The van der Waals surface area contributed by atoms with Crippen molar-refractivity contribution in [1.82, 2.24) is 10.2 Å². The van der Waals surface area contributed by atoms with Gasteiger partial charge in [-0.1, -0.05) is 17.7 Å². The summed E-state index contributed by atoms with van der Waals surface area (Å²) in [5.74, 6) is -0.202. The van der Waals surface area contributed by atoms with Gasteiger partial charge in [0, 0.05) is 29.9 Å². The summed E-state index contributed by atoms with van der Waals surface area (Å²) in [6, 6.07) is 14.0. The molecule has 2 aromatic carbocycles. The Balaban J connectivity index is 1.60. The lowest BCUT2D eigenvalue weighted by Gasteiger charge is -2.24. The highest BCUT2D eigenvalue weighted by Gasteiger charge is 2.29. The van der Waals surface area contributed by atoms with Gasteiger partial charge in [-0.2, -0.15) is 0 Å². The SMILES string of the molecule is Cc1ccc(NS(=O)(=O)c2ccc(C(=O)NCC(C)N(C)C3CC3)cc2)cc1. The van der Waals surface area contributed by atoms with Crippen LogP contribution in [0.25, 0.3) is 0 Å². The van der Waals surface area contributed by atoms with E-state index in [-0.39, 0.29) is 16.8 Å². The molecule has 1 aliphatic carbocycles. The van der Waals surface area contributed by atoms with Crippen LogP contribution in [-0.4, -0.2) is 44.9 Å². The summed E-state index contributed by atoms with van der Waals surface area (Å²) in [5, 5.41) is 2.92. The molecule has 2 aromatic rings. The van der Waals surface area contributed by atoms with Gasteiger partial charge in [0.2, 0.25) is 0 Å². The molecule has 1 fully saturated rings. The Labute approximate surface area is 167 Å². The third-order valence-electron chi connectivity index (χ3n) is 5.11. The monoisotopic (exact) mass is 401 g/mol. The Morgan fingerprint density at radius 1 is 1.11 bits per heavy atom. The molecule has 6 nitrogen and oxygen atoms in total. The van der Waals surface area contributed by atoms with Crippen LogP contribution in [0, 0.1) is 6.92 Å². The number of nitrogens with zero attached hydrogens (tertiary/aromatic N) is 1. The van der Waals surface area contributed by atoms with Gasteiger partial charge in [0.15, 0.2) is 0 Å². The van der Waals surface area contributed by atoms with Crippen LogP contribution in [0.5, 0.6) is 0 Å². The third kappa shape index (κ3) is 5.11. The Hall–Kier alpha value is -2.38. The second-order valence-electron chi connectivity index (χ2n) is 7.45. The molecular weight excluding hydrogens is 374 g/mol. The molecule has 0 spiro atoms. The quantitative estimate of drug-likeness (QED) is 0.713. The van der Waals surface area contributed by atoms with Crippen LogP contribution >= 0.6 is 0 Å². The van der Waals surface area contributed by atoms with Crippen molar-refractivity contribution >= 4 is 21.6 Å². The van der Waals surface area contributed by atoms with E-state index in [0.29, 0.717) is 23.8 Å². The standard InChI is InChI=1S/C21H27N3O3S/c1-15-4-8-18(9-5-15)23-28(26,27)20-12-6-17(7-13-20)21(25)22-14-16(2)24(3)19-10-11-19/h4-9,12-13,16,19,23H,10-11,14H2,1-3H3,(H,22,25). The number of benzene rings is 2. The van der Waals surface area contributed by atoms with Gasteiger partial charge < -0.3 is 5.32 Å². The Kier molecular flexibility index (Phi) is 6.05. The van der Waals surface area contributed by atoms with Gasteiger partial charge in [-0.25, -0.2) is 8.42 Å². The average molecular weight is 402 g/mol. The molecule has 28 heavy (non-hydrogen) atoms. The highest BCUT2D eigenvalue weighted by Crippen LogP contribution is 2.26. The molecule has 0 bridgehead atoms. The first-order chi connectivity index (χ1) is 13.3. The fraction of sp³-hybridized carbons (Fsp3) is 0.381. The number of hydrogen-bond acceptors (Lipinski definition) is 4. The van der Waals surface area contributed by atoms with Crippen molar-refractivity contribution < 1.29 is 13.2 Å². The molecule has 1 saturated carbocycles. The molecule has 1 atom stereocenters. The minimum atomic E-state index is -3.70. The smallest absolute Gasteiger partial charge is 0.261 e. The average Bonchev–Trinajstić information content (AvgIpc) is 3.52.